The Balaban J connectivity index is 1.77. The molecule has 0 aromatic heterocycles. The van der Waals surface area contributed by atoms with Crippen molar-refractivity contribution in [3.8, 4) is 11.8 Å². The number of aliphatic hydroxyl groups excluding tert-OH is 1. The minimum atomic E-state index is -0.478. The first-order valence-electron chi connectivity index (χ1n) is 6.31. The maximum atomic E-state index is 9.87. The minimum Gasteiger partial charge on any atom is -0.491 e. The number of hydrogen-bond acceptors (Lipinski definition) is 4. The number of nitrogens with zero attached hydrogens (tertiary/aromatic N) is 2. The fourth-order valence-corrected chi connectivity index (χ4v) is 2.16. The zero-order chi connectivity index (χ0) is 12.8. The van der Waals surface area contributed by atoms with Crippen molar-refractivity contribution in [3.63, 3.8) is 0 Å². The summed E-state index contributed by atoms with van der Waals surface area (Å²) in [5.41, 5.74) is 0.571. The molecule has 0 aliphatic carbocycles. The summed E-state index contributed by atoms with van der Waals surface area (Å²) < 4.78 is 5.49. The van der Waals surface area contributed by atoms with E-state index >= 15 is 0 Å². The summed E-state index contributed by atoms with van der Waals surface area (Å²) in [6.45, 7) is 3.07. The molecule has 1 unspecified atom stereocenters. The molecule has 0 amide bonds. The van der Waals surface area contributed by atoms with Gasteiger partial charge in [0, 0.05) is 6.54 Å². The largest absolute Gasteiger partial charge is 0.491 e. The van der Waals surface area contributed by atoms with Gasteiger partial charge in [0.2, 0.25) is 0 Å². The van der Waals surface area contributed by atoms with Crippen LogP contribution in [0.5, 0.6) is 5.75 Å². The highest BCUT2D eigenvalue weighted by atomic mass is 16.5. The van der Waals surface area contributed by atoms with E-state index in [9.17, 15) is 5.11 Å². The fraction of sp³-hybridized carbons (Fsp3) is 0.500. The predicted molar refractivity (Wildman–Crippen MR) is 68.3 cm³/mol. The lowest BCUT2D eigenvalue weighted by atomic mass is 10.2. The Morgan fingerprint density at radius 3 is 2.89 bits per heavy atom. The summed E-state index contributed by atoms with van der Waals surface area (Å²) in [7, 11) is 0. The highest BCUT2D eigenvalue weighted by Crippen LogP contribution is 2.13. The van der Waals surface area contributed by atoms with Gasteiger partial charge < -0.3 is 14.7 Å². The topological polar surface area (TPSA) is 56.5 Å². The maximum absolute atomic E-state index is 9.87. The van der Waals surface area contributed by atoms with Crippen LogP contribution in [0.25, 0.3) is 0 Å². The van der Waals surface area contributed by atoms with Gasteiger partial charge in [-0.1, -0.05) is 6.07 Å². The van der Waals surface area contributed by atoms with Gasteiger partial charge in [-0.15, -0.1) is 0 Å². The van der Waals surface area contributed by atoms with Crippen LogP contribution in [-0.2, 0) is 0 Å². The smallest absolute Gasteiger partial charge is 0.120 e. The molecule has 1 saturated heterocycles. The van der Waals surface area contributed by atoms with Crippen LogP contribution >= 0.6 is 0 Å². The molecule has 1 atom stereocenters. The van der Waals surface area contributed by atoms with Crippen LogP contribution in [0, 0.1) is 11.3 Å². The van der Waals surface area contributed by atoms with E-state index in [1.54, 1.807) is 24.3 Å². The molecule has 1 aromatic rings. The van der Waals surface area contributed by atoms with Gasteiger partial charge in [0.05, 0.1) is 11.6 Å². The van der Waals surface area contributed by atoms with Gasteiger partial charge in [-0.05, 0) is 44.1 Å². The number of hydrogen-bond donors (Lipinski definition) is 1. The zero-order valence-corrected chi connectivity index (χ0v) is 10.4. The lowest BCUT2D eigenvalue weighted by molar-refractivity contribution is 0.0758. The molecular formula is C14H18N2O2. The monoisotopic (exact) mass is 246 g/mol. The molecule has 0 bridgehead atoms. The number of benzene rings is 1. The van der Waals surface area contributed by atoms with Crippen molar-refractivity contribution in [3.05, 3.63) is 29.8 Å². The molecule has 4 nitrogen and oxygen atoms in total. The molecule has 1 heterocycles. The van der Waals surface area contributed by atoms with Gasteiger partial charge in [0.15, 0.2) is 0 Å². The first kappa shape index (κ1) is 12.9. The molecule has 1 N–H and O–H groups in total. The number of likely N-dealkylation sites (tertiary alicyclic amines) is 1. The van der Waals surface area contributed by atoms with E-state index in [0.29, 0.717) is 17.9 Å². The van der Waals surface area contributed by atoms with Gasteiger partial charge in [0.25, 0.3) is 0 Å². The summed E-state index contributed by atoms with van der Waals surface area (Å²) >= 11 is 0. The number of rotatable bonds is 5. The standard InChI is InChI=1S/C14H18N2O2/c15-9-12-4-3-5-14(8-12)18-11-13(17)10-16-6-1-2-7-16/h3-5,8,13,17H,1-2,6-7,10-11H2. The Morgan fingerprint density at radius 2 is 2.17 bits per heavy atom. The van der Waals surface area contributed by atoms with Crippen molar-refractivity contribution in [1.29, 1.82) is 5.26 Å². The molecule has 1 aliphatic rings. The highest BCUT2D eigenvalue weighted by molar-refractivity contribution is 5.36. The zero-order valence-electron chi connectivity index (χ0n) is 10.4. The third kappa shape index (κ3) is 3.73. The fourth-order valence-electron chi connectivity index (χ4n) is 2.16. The van der Waals surface area contributed by atoms with Gasteiger partial charge in [-0.3, -0.25) is 0 Å². The molecule has 1 aliphatic heterocycles. The second-order valence-corrected chi connectivity index (χ2v) is 4.61. The number of ether oxygens (including phenoxy) is 1. The van der Waals surface area contributed by atoms with Crippen LogP contribution in [0.15, 0.2) is 24.3 Å². The lowest BCUT2D eigenvalue weighted by Gasteiger charge is -2.19. The van der Waals surface area contributed by atoms with E-state index < -0.39 is 6.10 Å². The summed E-state index contributed by atoms with van der Waals surface area (Å²) in [5, 5.41) is 18.6. The van der Waals surface area contributed by atoms with Crippen molar-refractivity contribution in [2.75, 3.05) is 26.2 Å². The minimum absolute atomic E-state index is 0.269. The second-order valence-electron chi connectivity index (χ2n) is 4.61. The SMILES string of the molecule is N#Cc1cccc(OCC(O)CN2CCCC2)c1. The molecule has 96 valence electrons. The van der Waals surface area contributed by atoms with Gasteiger partial charge in [-0.25, -0.2) is 0 Å². The van der Waals surface area contributed by atoms with Crippen LogP contribution in [0.2, 0.25) is 0 Å². The van der Waals surface area contributed by atoms with E-state index in [1.807, 2.05) is 0 Å². The average Bonchev–Trinajstić information content (AvgIpc) is 2.89. The third-order valence-corrected chi connectivity index (χ3v) is 3.07. The Labute approximate surface area is 107 Å². The van der Waals surface area contributed by atoms with Gasteiger partial charge >= 0.3 is 0 Å². The highest BCUT2D eigenvalue weighted by Gasteiger charge is 2.16. The van der Waals surface area contributed by atoms with Gasteiger partial charge in [0.1, 0.15) is 18.5 Å². The van der Waals surface area contributed by atoms with Crippen molar-refractivity contribution in [1.82, 2.24) is 4.90 Å². The van der Waals surface area contributed by atoms with E-state index in [0.717, 1.165) is 13.1 Å². The molecule has 0 spiro atoms. The van der Waals surface area contributed by atoms with Crippen molar-refractivity contribution < 1.29 is 9.84 Å². The van der Waals surface area contributed by atoms with Crippen LogP contribution < -0.4 is 4.74 Å². The van der Waals surface area contributed by atoms with Gasteiger partial charge in [-0.2, -0.15) is 5.26 Å². The molecule has 18 heavy (non-hydrogen) atoms. The summed E-state index contributed by atoms with van der Waals surface area (Å²) in [6.07, 6.45) is 1.96. The summed E-state index contributed by atoms with van der Waals surface area (Å²) in [4.78, 5) is 2.25. The van der Waals surface area contributed by atoms with Crippen LogP contribution in [-0.4, -0.2) is 42.4 Å². The van der Waals surface area contributed by atoms with Crippen molar-refractivity contribution in [2.24, 2.45) is 0 Å². The number of nitriles is 1. The van der Waals surface area contributed by atoms with E-state index in [2.05, 4.69) is 11.0 Å². The van der Waals surface area contributed by atoms with Crippen molar-refractivity contribution >= 4 is 0 Å². The van der Waals surface area contributed by atoms with Crippen LogP contribution in [0.3, 0.4) is 0 Å². The Hall–Kier alpha value is -1.57. The Morgan fingerprint density at radius 1 is 1.39 bits per heavy atom. The Bertz CT molecular complexity index is 422. The molecule has 1 aromatic carbocycles. The van der Waals surface area contributed by atoms with E-state index in [4.69, 9.17) is 10.00 Å². The summed E-state index contributed by atoms with van der Waals surface area (Å²) in [6, 6.07) is 9.05. The molecule has 0 saturated carbocycles. The number of aliphatic hydroxyl groups is 1. The lowest BCUT2D eigenvalue weighted by Crippen LogP contribution is -2.33. The first-order valence-corrected chi connectivity index (χ1v) is 6.31. The van der Waals surface area contributed by atoms with E-state index in [1.165, 1.54) is 12.8 Å². The van der Waals surface area contributed by atoms with E-state index in [-0.39, 0.29) is 6.61 Å². The molecule has 2 rings (SSSR count). The van der Waals surface area contributed by atoms with Crippen LogP contribution in [0.4, 0.5) is 0 Å². The van der Waals surface area contributed by atoms with Crippen molar-refractivity contribution in [2.45, 2.75) is 18.9 Å². The molecule has 0 radical (unpaired) electrons. The number of β-amino-alcohol motifs (C(OH)–C–C–N with tert-alkyl or cyclic N) is 1. The quantitative estimate of drug-likeness (QED) is 0.853. The average molecular weight is 246 g/mol. The normalized spacial score (nSPS) is 17.3. The maximum Gasteiger partial charge on any atom is 0.120 e. The second kappa shape index (κ2) is 6.39. The molecule has 4 heteroatoms. The molecule has 1 fully saturated rings. The molecular weight excluding hydrogens is 228 g/mol. The summed E-state index contributed by atoms with van der Waals surface area (Å²) in [5.74, 6) is 0.634. The third-order valence-electron chi connectivity index (χ3n) is 3.07. The predicted octanol–water partition coefficient (Wildman–Crippen LogP) is 1.39. The Kier molecular flexibility index (Phi) is 4.57. The van der Waals surface area contributed by atoms with Crippen LogP contribution in [0.1, 0.15) is 18.4 Å². The first-order chi connectivity index (χ1) is 8.78.